The monoisotopic (exact) mass is 226 g/mol. The summed E-state index contributed by atoms with van der Waals surface area (Å²) >= 11 is 0. The van der Waals surface area contributed by atoms with Gasteiger partial charge in [-0.05, 0) is 25.1 Å². The number of hydrogen-bond acceptors (Lipinski definition) is 3. The Labute approximate surface area is 96.6 Å². The molecular weight excluding hydrogens is 216 g/mol. The summed E-state index contributed by atoms with van der Waals surface area (Å²) in [6.45, 7) is 1.85. The van der Waals surface area contributed by atoms with Gasteiger partial charge in [-0.3, -0.25) is 0 Å². The van der Waals surface area contributed by atoms with Crippen molar-refractivity contribution in [3.63, 3.8) is 0 Å². The Balaban J connectivity index is 2.20. The molecule has 1 aromatic carbocycles. The van der Waals surface area contributed by atoms with Crippen LogP contribution >= 0.6 is 0 Å². The van der Waals surface area contributed by atoms with E-state index in [9.17, 15) is 4.79 Å². The van der Waals surface area contributed by atoms with Gasteiger partial charge in [0.05, 0.1) is 16.7 Å². The zero-order valence-electron chi connectivity index (χ0n) is 9.19. The van der Waals surface area contributed by atoms with Crippen molar-refractivity contribution >= 4 is 11.0 Å². The standard InChI is InChI=1S/C12H10N4O/c1-7-13-5-4-9(14-7)8-2-3-10-11(6-8)16-12(17)15-10/h2-6H,1H3,(H2,15,16,17). The van der Waals surface area contributed by atoms with Gasteiger partial charge >= 0.3 is 5.69 Å². The number of aromatic amines is 2. The quantitative estimate of drug-likeness (QED) is 0.662. The van der Waals surface area contributed by atoms with Gasteiger partial charge in [0.2, 0.25) is 0 Å². The predicted octanol–water partition coefficient (Wildman–Crippen LogP) is 1.62. The molecule has 5 nitrogen and oxygen atoms in total. The Bertz CT molecular complexity index is 741. The van der Waals surface area contributed by atoms with Crippen LogP contribution in [0.15, 0.2) is 35.3 Å². The summed E-state index contributed by atoms with van der Waals surface area (Å²) < 4.78 is 0. The fourth-order valence-electron chi connectivity index (χ4n) is 1.81. The Morgan fingerprint density at radius 2 is 1.94 bits per heavy atom. The molecule has 0 fully saturated rings. The molecule has 0 aliphatic rings. The Hall–Kier alpha value is -2.43. The highest BCUT2D eigenvalue weighted by atomic mass is 16.1. The highest BCUT2D eigenvalue weighted by Gasteiger charge is 2.03. The SMILES string of the molecule is Cc1nccc(-c2ccc3[nH]c(=O)[nH]c3c2)n1. The number of fused-ring (bicyclic) bond motifs is 1. The third-order valence-electron chi connectivity index (χ3n) is 2.59. The normalized spacial score (nSPS) is 10.9. The first-order chi connectivity index (χ1) is 8.22. The molecule has 0 bridgehead atoms. The number of H-pyrrole nitrogens is 2. The molecule has 3 rings (SSSR count). The van der Waals surface area contributed by atoms with Crippen LogP contribution in [0.5, 0.6) is 0 Å². The van der Waals surface area contributed by atoms with Crippen LogP contribution in [0.3, 0.4) is 0 Å². The zero-order valence-corrected chi connectivity index (χ0v) is 9.19. The van der Waals surface area contributed by atoms with E-state index in [4.69, 9.17) is 0 Å². The van der Waals surface area contributed by atoms with Crippen molar-refractivity contribution < 1.29 is 0 Å². The molecular formula is C12H10N4O. The van der Waals surface area contributed by atoms with E-state index in [2.05, 4.69) is 19.9 Å². The molecule has 0 aliphatic heterocycles. The van der Waals surface area contributed by atoms with Crippen molar-refractivity contribution in [3.8, 4) is 11.3 Å². The number of hydrogen-bond donors (Lipinski definition) is 2. The van der Waals surface area contributed by atoms with Gasteiger partial charge in [-0.15, -0.1) is 0 Å². The number of nitrogens with zero attached hydrogens (tertiary/aromatic N) is 2. The van der Waals surface area contributed by atoms with Crippen molar-refractivity contribution in [2.45, 2.75) is 6.92 Å². The highest BCUT2D eigenvalue weighted by Crippen LogP contribution is 2.19. The minimum atomic E-state index is -0.198. The summed E-state index contributed by atoms with van der Waals surface area (Å²) in [5, 5.41) is 0. The van der Waals surface area contributed by atoms with Crippen LogP contribution < -0.4 is 5.69 Å². The van der Waals surface area contributed by atoms with Crippen molar-refractivity contribution in [3.05, 3.63) is 46.8 Å². The van der Waals surface area contributed by atoms with E-state index >= 15 is 0 Å². The molecule has 0 aliphatic carbocycles. The van der Waals surface area contributed by atoms with Gasteiger partial charge in [0.25, 0.3) is 0 Å². The second kappa shape index (κ2) is 3.55. The van der Waals surface area contributed by atoms with Gasteiger partial charge < -0.3 is 9.97 Å². The fourth-order valence-corrected chi connectivity index (χ4v) is 1.81. The maximum atomic E-state index is 11.2. The summed E-state index contributed by atoms with van der Waals surface area (Å²) in [4.78, 5) is 25.0. The second-order valence-corrected chi connectivity index (χ2v) is 3.83. The lowest BCUT2D eigenvalue weighted by Crippen LogP contribution is -1.99. The number of aryl methyl sites for hydroxylation is 1. The molecule has 5 heteroatoms. The average Bonchev–Trinajstić information content (AvgIpc) is 2.68. The number of rotatable bonds is 1. The van der Waals surface area contributed by atoms with E-state index in [-0.39, 0.29) is 5.69 Å². The van der Waals surface area contributed by atoms with Crippen LogP contribution in [0.2, 0.25) is 0 Å². The second-order valence-electron chi connectivity index (χ2n) is 3.83. The maximum absolute atomic E-state index is 11.2. The Kier molecular flexibility index (Phi) is 2.04. The maximum Gasteiger partial charge on any atom is 0.323 e. The van der Waals surface area contributed by atoms with E-state index in [0.29, 0.717) is 0 Å². The molecule has 0 amide bonds. The molecule has 0 saturated heterocycles. The molecule has 84 valence electrons. The molecule has 0 atom stereocenters. The Morgan fingerprint density at radius 1 is 1.12 bits per heavy atom. The van der Waals surface area contributed by atoms with E-state index < -0.39 is 0 Å². The summed E-state index contributed by atoms with van der Waals surface area (Å²) in [7, 11) is 0. The van der Waals surface area contributed by atoms with Crippen LogP contribution in [0.1, 0.15) is 5.82 Å². The lowest BCUT2D eigenvalue weighted by Gasteiger charge is -2.01. The molecule has 17 heavy (non-hydrogen) atoms. The van der Waals surface area contributed by atoms with Crippen LogP contribution in [0.4, 0.5) is 0 Å². The molecule has 0 radical (unpaired) electrons. The third kappa shape index (κ3) is 1.71. The molecule has 3 aromatic rings. The molecule has 2 heterocycles. The summed E-state index contributed by atoms with van der Waals surface area (Å²) in [6.07, 6.45) is 1.72. The lowest BCUT2D eigenvalue weighted by molar-refractivity contribution is 1.06. The van der Waals surface area contributed by atoms with Gasteiger partial charge in [0.15, 0.2) is 0 Å². The zero-order chi connectivity index (χ0) is 11.8. The predicted molar refractivity (Wildman–Crippen MR) is 64.7 cm³/mol. The molecule has 0 spiro atoms. The lowest BCUT2D eigenvalue weighted by atomic mass is 10.1. The third-order valence-corrected chi connectivity index (χ3v) is 2.59. The van der Waals surface area contributed by atoms with E-state index in [0.717, 1.165) is 28.1 Å². The smallest absolute Gasteiger partial charge is 0.306 e. The number of imidazole rings is 1. The van der Waals surface area contributed by atoms with E-state index in [1.54, 1.807) is 6.20 Å². The summed E-state index contributed by atoms with van der Waals surface area (Å²) in [5.41, 5.74) is 3.18. The van der Waals surface area contributed by atoms with Crippen molar-refractivity contribution in [1.82, 2.24) is 19.9 Å². The van der Waals surface area contributed by atoms with E-state index in [1.807, 2.05) is 31.2 Å². The first-order valence-electron chi connectivity index (χ1n) is 5.24. The first-order valence-corrected chi connectivity index (χ1v) is 5.24. The van der Waals surface area contributed by atoms with Crippen molar-refractivity contribution in [2.24, 2.45) is 0 Å². The number of nitrogens with one attached hydrogen (secondary N) is 2. The molecule has 0 unspecified atom stereocenters. The topological polar surface area (TPSA) is 74.4 Å². The van der Waals surface area contributed by atoms with E-state index in [1.165, 1.54) is 0 Å². The van der Waals surface area contributed by atoms with Crippen LogP contribution in [-0.4, -0.2) is 19.9 Å². The minimum Gasteiger partial charge on any atom is -0.306 e. The number of aromatic nitrogens is 4. The van der Waals surface area contributed by atoms with Gasteiger partial charge in [0, 0.05) is 11.8 Å². The summed E-state index contributed by atoms with van der Waals surface area (Å²) in [6, 6.07) is 7.53. The fraction of sp³-hybridized carbons (Fsp3) is 0.0833. The molecule has 0 saturated carbocycles. The largest absolute Gasteiger partial charge is 0.323 e. The molecule has 2 aromatic heterocycles. The van der Waals surface area contributed by atoms with Gasteiger partial charge in [0.1, 0.15) is 5.82 Å². The Morgan fingerprint density at radius 3 is 2.76 bits per heavy atom. The van der Waals surface area contributed by atoms with Gasteiger partial charge in [-0.2, -0.15) is 0 Å². The van der Waals surface area contributed by atoms with Gasteiger partial charge in [-0.25, -0.2) is 14.8 Å². The summed E-state index contributed by atoms with van der Waals surface area (Å²) in [5.74, 6) is 0.727. The molecule has 2 N–H and O–H groups in total. The highest BCUT2D eigenvalue weighted by molar-refractivity contribution is 5.80. The first kappa shape index (κ1) is 9.77. The average molecular weight is 226 g/mol. The van der Waals surface area contributed by atoms with Crippen LogP contribution in [-0.2, 0) is 0 Å². The van der Waals surface area contributed by atoms with Crippen LogP contribution in [0, 0.1) is 6.92 Å². The minimum absolute atomic E-state index is 0.198. The van der Waals surface area contributed by atoms with Crippen molar-refractivity contribution in [2.75, 3.05) is 0 Å². The van der Waals surface area contributed by atoms with Gasteiger partial charge in [-0.1, -0.05) is 6.07 Å². The van der Waals surface area contributed by atoms with Crippen molar-refractivity contribution in [1.29, 1.82) is 0 Å². The van der Waals surface area contributed by atoms with Crippen LogP contribution in [0.25, 0.3) is 22.3 Å². The number of benzene rings is 1.